The minimum Gasteiger partial charge on any atom is -0.444 e. The number of halogens is 2. The van der Waals surface area contributed by atoms with Gasteiger partial charge in [0.2, 0.25) is 11.8 Å². The first kappa shape index (κ1) is 20.3. The van der Waals surface area contributed by atoms with E-state index in [9.17, 15) is 13.6 Å². The SMILES string of the molecule is CC(C)(C)OC(=O)N1CCC(c2noc(C3CC(F)(F)C3)n2)(c2cccs2)CC1. The van der Waals surface area contributed by atoms with Crippen LogP contribution < -0.4 is 0 Å². The predicted octanol–water partition coefficient (Wildman–Crippen LogP) is 4.96. The Hall–Kier alpha value is -2.03. The van der Waals surface area contributed by atoms with E-state index in [1.807, 2.05) is 38.3 Å². The highest BCUT2D eigenvalue weighted by Crippen LogP contribution is 2.49. The van der Waals surface area contributed by atoms with E-state index in [-0.39, 0.29) is 30.7 Å². The maximum atomic E-state index is 13.2. The summed E-state index contributed by atoms with van der Waals surface area (Å²) in [4.78, 5) is 19.8. The van der Waals surface area contributed by atoms with E-state index in [2.05, 4.69) is 10.1 Å². The molecule has 1 aliphatic heterocycles. The standard InChI is InChI=1S/C20H25F2N3O3S/c1-18(2,3)27-17(26)25-8-6-19(7-9-25,14-5-4-10-29-14)16-23-15(28-24-16)13-11-20(21,22)12-13/h4-5,10,13H,6-9,11-12H2,1-3H3. The van der Waals surface area contributed by atoms with E-state index >= 15 is 0 Å². The normalized spacial score (nSPS) is 21.6. The number of piperidine rings is 1. The molecule has 4 rings (SSSR count). The molecule has 158 valence electrons. The fraction of sp³-hybridized carbons (Fsp3) is 0.650. The first-order valence-corrected chi connectivity index (χ1v) is 10.7. The van der Waals surface area contributed by atoms with Gasteiger partial charge in [0.15, 0.2) is 5.82 Å². The van der Waals surface area contributed by atoms with E-state index in [1.165, 1.54) is 0 Å². The maximum absolute atomic E-state index is 13.2. The van der Waals surface area contributed by atoms with Gasteiger partial charge in [0, 0.05) is 36.7 Å². The van der Waals surface area contributed by atoms with E-state index in [4.69, 9.17) is 9.26 Å². The van der Waals surface area contributed by atoms with Gasteiger partial charge in [0.25, 0.3) is 0 Å². The van der Waals surface area contributed by atoms with Crippen molar-refractivity contribution in [3.8, 4) is 0 Å². The fourth-order valence-corrected chi connectivity index (χ4v) is 4.94. The summed E-state index contributed by atoms with van der Waals surface area (Å²) in [6, 6.07) is 4.00. The van der Waals surface area contributed by atoms with Crippen LogP contribution in [0.4, 0.5) is 13.6 Å². The molecule has 0 spiro atoms. The Morgan fingerprint density at radius 3 is 2.55 bits per heavy atom. The molecule has 2 aliphatic rings. The number of ether oxygens (including phenoxy) is 1. The van der Waals surface area contributed by atoms with Crippen LogP contribution >= 0.6 is 11.3 Å². The Morgan fingerprint density at radius 1 is 1.31 bits per heavy atom. The van der Waals surface area contributed by atoms with Crippen molar-refractivity contribution in [1.82, 2.24) is 15.0 Å². The molecule has 2 fully saturated rings. The van der Waals surface area contributed by atoms with Crippen molar-refractivity contribution in [3.05, 3.63) is 34.1 Å². The summed E-state index contributed by atoms with van der Waals surface area (Å²) >= 11 is 1.60. The highest BCUT2D eigenvalue weighted by atomic mass is 32.1. The Morgan fingerprint density at radius 2 is 2.00 bits per heavy atom. The lowest BCUT2D eigenvalue weighted by atomic mass is 9.76. The quantitative estimate of drug-likeness (QED) is 0.695. The number of likely N-dealkylation sites (tertiary alicyclic amines) is 1. The lowest BCUT2D eigenvalue weighted by Crippen LogP contribution is -2.47. The number of rotatable bonds is 3. The van der Waals surface area contributed by atoms with Gasteiger partial charge in [0.1, 0.15) is 5.60 Å². The number of nitrogens with zero attached hydrogens (tertiary/aromatic N) is 3. The maximum Gasteiger partial charge on any atom is 0.410 e. The van der Waals surface area contributed by atoms with Crippen LogP contribution in [0.5, 0.6) is 0 Å². The molecule has 3 heterocycles. The largest absolute Gasteiger partial charge is 0.444 e. The number of thiophene rings is 1. The average molecular weight is 426 g/mol. The summed E-state index contributed by atoms with van der Waals surface area (Å²) in [6.07, 6.45) is 0.418. The van der Waals surface area contributed by atoms with Gasteiger partial charge in [-0.25, -0.2) is 13.6 Å². The molecule has 0 radical (unpaired) electrons. The average Bonchev–Trinajstić information content (AvgIpc) is 3.30. The second-order valence-electron chi connectivity index (χ2n) is 8.94. The van der Waals surface area contributed by atoms with Crippen LogP contribution in [-0.2, 0) is 10.2 Å². The Bertz CT molecular complexity index is 860. The van der Waals surface area contributed by atoms with Crippen LogP contribution in [-0.4, -0.2) is 45.7 Å². The summed E-state index contributed by atoms with van der Waals surface area (Å²) in [6.45, 7) is 6.53. The van der Waals surface area contributed by atoms with Crippen molar-refractivity contribution >= 4 is 17.4 Å². The number of hydrogen-bond donors (Lipinski definition) is 0. The van der Waals surface area contributed by atoms with E-state index in [0.717, 1.165) is 4.88 Å². The first-order valence-electron chi connectivity index (χ1n) is 9.82. The molecule has 29 heavy (non-hydrogen) atoms. The van der Waals surface area contributed by atoms with Gasteiger partial charge in [-0.05, 0) is 45.1 Å². The van der Waals surface area contributed by atoms with Crippen molar-refractivity contribution in [1.29, 1.82) is 0 Å². The molecular formula is C20H25F2N3O3S. The van der Waals surface area contributed by atoms with E-state index in [1.54, 1.807) is 16.2 Å². The number of aromatic nitrogens is 2. The number of amides is 1. The van der Waals surface area contributed by atoms with Gasteiger partial charge >= 0.3 is 6.09 Å². The van der Waals surface area contributed by atoms with Gasteiger partial charge in [-0.2, -0.15) is 4.98 Å². The Labute approximate surface area is 172 Å². The number of carbonyl (C=O) groups excluding carboxylic acids is 1. The Balaban J connectivity index is 1.54. The molecule has 0 bridgehead atoms. The summed E-state index contributed by atoms with van der Waals surface area (Å²) in [5, 5.41) is 6.18. The lowest BCUT2D eigenvalue weighted by Gasteiger charge is -2.39. The second-order valence-corrected chi connectivity index (χ2v) is 9.89. The topological polar surface area (TPSA) is 68.5 Å². The molecule has 6 nitrogen and oxygen atoms in total. The third-order valence-electron chi connectivity index (χ3n) is 5.57. The highest BCUT2D eigenvalue weighted by Gasteiger charge is 2.50. The zero-order valence-corrected chi connectivity index (χ0v) is 17.6. The van der Waals surface area contributed by atoms with Gasteiger partial charge in [-0.1, -0.05) is 11.2 Å². The molecule has 1 saturated carbocycles. The van der Waals surface area contributed by atoms with Gasteiger partial charge < -0.3 is 14.2 Å². The third-order valence-corrected chi connectivity index (χ3v) is 6.64. The zero-order valence-electron chi connectivity index (χ0n) is 16.8. The Kier molecular flexibility index (Phi) is 4.91. The smallest absolute Gasteiger partial charge is 0.410 e. The van der Waals surface area contributed by atoms with Crippen LogP contribution in [0.15, 0.2) is 22.0 Å². The molecule has 0 unspecified atom stereocenters. The van der Waals surface area contributed by atoms with Gasteiger partial charge in [-0.15, -0.1) is 11.3 Å². The third kappa shape index (κ3) is 4.01. The van der Waals surface area contributed by atoms with Crippen LogP contribution in [0.25, 0.3) is 0 Å². The van der Waals surface area contributed by atoms with Gasteiger partial charge in [0.05, 0.1) is 5.41 Å². The van der Waals surface area contributed by atoms with Crippen molar-refractivity contribution < 1.29 is 22.8 Å². The summed E-state index contributed by atoms with van der Waals surface area (Å²) in [5.74, 6) is -2.21. The molecule has 0 N–H and O–H groups in total. The number of alkyl halides is 2. The number of hydrogen-bond acceptors (Lipinski definition) is 6. The van der Waals surface area contributed by atoms with Crippen LogP contribution in [0.3, 0.4) is 0 Å². The fourth-order valence-electron chi connectivity index (χ4n) is 3.96. The van der Waals surface area contributed by atoms with E-state index < -0.39 is 16.9 Å². The molecular weight excluding hydrogens is 400 g/mol. The monoisotopic (exact) mass is 425 g/mol. The zero-order chi connectivity index (χ0) is 20.9. The molecule has 1 aliphatic carbocycles. The molecule has 2 aromatic rings. The summed E-state index contributed by atoms with van der Waals surface area (Å²) in [5.41, 5.74) is -1.03. The summed E-state index contributed by atoms with van der Waals surface area (Å²) < 4.78 is 37.3. The number of carbonyl (C=O) groups is 1. The molecule has 0 aromatic carbocycles. The highest BCUT2D eigenvalue weighted by molar-refractivity contribution is 7.10. The van der Waals surface area contributed by atoms with Crippen molar-refractivity contribution in [2.75, 3.05) is 13.1 Å². The van der Waals surface area contributed by atoms with Crippen molar-refractivity contribution in [3.63, 3.8) is 0 Å². The minimum absolute atomic E-state index is 0.243. The summed E-state index contributed by atoms with van der Waals surface area (Å²) in [7, 11) is 0. The lowest BCUT2D eigenvalue weighted by molar-refractivity contribution is -0.0925. The minimum atomic E-state index is -2.64. The predicted molar refractivity (Wildman–Crippen MR) is 103 cm³/mol. The van der Waals surface area contributed by atoms with Crippen LogP contribution in [0.1, 0.15) is 69.0 Å². The van der Waals surface area contributed by atoms with Crippen molar-refractivity contribution in [2.45, 2.75) is 69.3 Å². The molecule has 1 saturated heterocycles. The first-order chi connectivity index (χ1) is 13.6. The molecule has 0 atom stereocenters. The van der Waals surface area contributed by atoms with Crippen LogP contribution in [0.2, 0.25) is 0 Å². The van der Waals surface area contributed by atoms with Gasteiger partial charge in [-0.3, -0.25) is 0 Å². The van der Waals surface area contributed by atoms with E-state index in [0.29, 0.717) is 31.8 Å². The molecule has 9 heteroatoms. The van der Waals surface area contributed by atoms with Crippen molar-refractivity contribution in [2.24, 2.45) is 0 Å². The molecule has 1 amide bonds. The van der Waals surface area contributed by atoms with Crippen LogP contribution in [0, 0.1) is 0 Å². The second kappa shape index (κ2) is 7.04. The molecule has 2 aromatic heterocycles.